The average Bonchev–Trinajstić information content (AvgIpc) is 3.45. The van der Waals surface area contributed by atoms with E-state index >= 15 is 0 Å². The molecule has 0 aliphatic carbocycles. The summed E-state index contributed by atoms with van der Waals surface area (Å²) < 4.78 is 17.0. The molecule has 456 valence electrons. The summed E-state index contributed by atoms with van der Waals surface area (Å²) in [5, 5.41) is 0. The molecule has 0 amide bonds. The van der Waals surface area contributed by atoms with Crippen molar-refractivity contribution in [1.82, 2.24) is 0 Å². The number of ether oxygens (including phenoxy) is 3. The van der Waals surface area contributed by atoms with Gasteiger partial charge in [-0.3, -0.25) is 14.4 Å². The fraction of sp³-hybridized carbons (Fsp3) is 0.767. The standard InChI is InChI=1S/C73H128O6/c1-4-7-10-13-16-19-22-25-28-31-33-34-35-36-37-38-40-42-45-48-51-54-57-60-63-66-72(75)78-69-70(68-77-71(74)65-62-59-56-53-50-47-44-41-30-27-24-21-18-15-12-9-6-3)79-73(76)67-64-61-58-55-52-49-46-43-39-32-29-26-23-20-17-14-11-8-5-2/h7,9-10,12,16,18-19,21,25,27-28,30,33-34,70H,4-6,8,11,13-15,17,20,22-24,26,29,31-32,35-69H2,1-3H3/b10-7-,12-9-,19-16-,21-18-,28-25-,30-27-,34-33-. The van der Waals surface area contributed by atoms with Gasteiger partial charge in [-0.05, 0) is 89.9 Å². The molecule has 0 bridgehead atoms. The van der Waals surface area contributed by atoms with Crippen LogP contribution in [0, 0.1) is 0 Å². The highest BCUT2D eigenvalue weighted by Gasteiger charge is 2.19. The summed E-state index contributed by atoms with van der Waals surface area (Å²) in [6.45, 7) is 6.46. The molecule has 0 rings (SSSR count). The van der Waals surface area contributed by atoms with Crippen LogP contribution in [0.5, 0.6) is 0 Å². The molecular weight excluding hydrogens is 973 g/mol. The molecule has 0 aliphatic rings. The highest BCUT2D eigenvalue weighted by atomic mass is 16.6. The number of allylic oxidation sites excluding steroid dienone is 14. The molecule has 0 N–H and O–H groups in total. The van der Waals surface area contributed by atoms with E-state index in [2.05, 4.69) is 106 Å². The Balaban J connectivity index is 4.33. The summed E-state index contributed by atoms with van der Waals surface area (Å²) >= 11 is 0. The Morgan fingerprint density at radius 1 is 0.266 bits per heavy atom. The van der Waals surface area contributed by atoms with Crippen LogP contribution in [0.25, 0.3) is 0 Å². The molecule has 0 heterocycles. The first-order chi connectivity index (χ1) is 39.0. The maximum absolute atomic E-state index is 12.9. The predicted octanol–water partition coefficient (Wildman–Crippen LogP) is 23.4. The molecule has 1 unspecified atom stereocenters. The van der Waals surface area contributed by atoms with Gasteiger partial charge >= 0.3 is 17.9 Å². The van der Waals surface area contributed by atoms with Crippen LogP contribution in [0.2, 0.25) is 0 Å². The van der Waals surface area contributed by atoms with Crippen LogP contribution < -0.4 is 0 Å². The second kappa shape index (κ2) is 67.1. The number of carbonyl (C=O) groups excluding carboxylic acids is 3. The smallest absolute Gasteiger partial charge is 0.306 e. The van der Waals surface area contributed by atoms with Crippen LogP contribution in [0.1, 0.15) is 342 Å². The van der Waals surface area contributed by atoms with E-state index in [9.17, 15) is 14.4 Å². The lowest BCUT2D eigenvalue weighted by molar-refractivity contribution is -0.167. The normalized spacial score (nSPS) is 12.6. The Labute approximate surface area is 490 Å². The van der Waals surface area contributed by atoms with Crippen molar-refractivity contribution >= 4 is 17.9 Å². The van der Waals surface area contributed by atoms with E-state index in [1.54, 1.807) is 0 Å². The van der Waals surface area contributed by atoms with E-state index in [1.807, 2.05) is 0 Å². The largest absolute Gasteiger partial charge is 0.462 e. The molecule has 0 fully saturated rings. The Kier molecular flexibility index (Phi) is 64.2. The Morgan fingerprint density at radius 2 is 0.494 bits per heavy atom. The van der Waals surface area contributed by atoms with E-state index in [0.29, 0.717) is 19.3 Å². The van der Waals surface area contributed by atoms with Crippen molar-refractivity contribution in [1.29, 1.82) is 0 Å². The number of hydrogen-bond acceptors (Lipinski definition) is 6. The SMILES string of the molecule is CC/C=C\C/C=C\C/C=C\C/C=C\CCCCCCCCCCCCCCC(=O)OCC(COC(=O)CCCCCCCCC/C=C\C/C=C\C/C=C\CC)OC(=O)CCCCCCCCCCCCCCCCCCCCC. The van der Waals surface area contributed by atoms with Gasteiger partial charge in [-0.15, -0.1) is 0 Å². The fourth-order valence-electron chi connectivity index (χ4n) is 9.86. The third-order valence-corrected chi connectivity index (χ3v) is 14.9. The van der Waals surface area contributed by atoms with E-state index < -0.39 is 6.10 Å². The first-order valence-electron chi connectivity index (χ1n) is 34.1. The fourth-order valence-corrected chi connectivity index (χ4v) is 9.86. The van der Waals surface area contributed by atoms with Gasteiger partial charge in [-0.1, -0.05) is 318 Å². The molecule has 1 atom stereocenters. The topological polar surface area (TPSA) is 78.9 Å². The Morgan fingerprint density at radius 3 is 0.772 bits per heavy atom. The molecule has 0 saturated carbocycles. The molecule has 0 saturated heterocycles. The first kappa shape index (κ1) is 75.6. The zero-order chi connectivity index (χ0) is 57.1. The van der Waals surface area contributed by atoms with Gasteiger partial charge < -0.3 is 14.2 Å². The second-order valence-electron chi connectivity index (χ2n) is 22.7. The van der Waals surface area contributed by atoms with Gasteiger partial charge in [0.1, 0.15) is 13.2 Å². The lowest BCUT2D eigenvalue weighted by Crippen LogP contribution is -2.30. The minimum absolute atomic E-state index is 0.0773. The van der Waals surface area contributed by atoms with Gasteiger partial charge in [0.2, 0.25) is 0 Å². The summed E-state index contributed by atoms with van der Waals surface area (Å²) in [5.41, 5.74) is 0. The third-order valence-electron chi connectivity index (χ3n) is 14.9. The van der Waals surface area contributed by atoms with E-state index in [1.165, 1.54) is 193 Å². The molecule has 0 aromatic carbocycles. The highest BCUT2D eigenvalue weighted by Crippen LogP contribution is 2.18. The van der Waals surface area contributed by atoms with Crippen LogP contribution in [-0.4, -0.2) is 37.2 Å². The first-order valence-corrected chi connectivity index (χ1v) is 34.1. The quantitative estimate of drug-likeness (QED) is 0.0261. The van der Waals surface area contributed by atoms with Crippen molar-refractivity contribution in [3.05, 3.63) is 85.1 Å². The molecule has 0 aromatic rings. The maximum atomic E-state index is 12.9. The van der Waals surface area contributed by atoms with Gasteiger partial charge in [0.25, 0.3) is 0 Å². The van der Waals surface area contributed by atoms with Crippen LogP contribution in [0.3, 0.4) is 0 Å². The minimum atomic E-state index is -0.781. The Hall–Kier alpha value is -3.41. The second-order valence-corrected chi connectivity index (χ2v) is 22.7. The number of esters is 3. The van der Waals surface area contributed by atoms with Gasteiger partial charge in [0.15, 0.2) is 6.10 Å². The lowest BCUT2D eigenvalue weighted by atomic mass is 10.0. The summed E-state index contributed by atoms with van der Waals surface area (Å²) in [6.07, 6.45) is 88.8. The van der Waals surface area contributed by atoms with Crippen molar-refractivity contribution < 1.29 is 28.6 Å². The van der Waals surface area contributed by atoms with Crippen molar-refractivity contribution in [2.75, 3.05) is 13.2 Å². The Bertz CT molecular complexity index is 1500. The van der Waals surface area contributed by atoms with Crippen molar-refractivity contribution in [2.24, 2.45) is 0 Å². The summed E-state index contributed by atoms with van der Waals surface area (Å²) in [5.74, 6) is -0.869. The van der Waals surface area contributed by atoms with E-state index in [0.717, 1.165) is 109 Å². The zero-order valence-electron chi connectivity index (χ0n) is 52.4. The molecule has 6 nitrogen and oxygen atoms in total. The lowest BCUT2D eigenvalue weighted by Gasteiger charge is -2.18. The number of rotatable bonds is 62. The third kappa shape index (κ3) is 65.3. The van der Waals surface area contributed by atoms with Crippen LogP contribution in [0.4, 0.5) is 0 Å². The summed E-state index contributed by atoms with van der Waals surface area (Å²) in [6, 6.07) is 0. The van der Waals surface area contributed by atoms with Gasteiger partial charge in [0.05, 0.1) is 0 Å². The molecule has 6 heteroatoms. The monoisotopic (exact) mass is 1100 g/mol. The van der Waals surface area contributed by atoms with E-state index in [4.69, 9.17) is 14.2 Å². The van der Waals surface area contributed by atoms with Crippen LogP contribution >= 0.6 is 0 Å². The van der Waals surface area contributed by atoms with Crippen LogP contribution in [-0.2, 0) is 28.6 Å². The van der Waals surface area contributed by atoms with Crippen molar-refractivity contribution in [3.63, 3.8) is 0 Å². The maximum Gasteiger partial charge on any atom is 0.306 e. The number of carbonyl (C=O) groups is 3. The number of hydrogen-bond donors (Lipinski definition) is 0. The molecule has 0 spiro atoms. The highest BCUT2D eigenvalue weighted by molar-refractivity contribution is 5.71. The average molecular weight is 1100 g/mol. The summed E-state index contributed by atoms with van der Waals surface area (Å²) in [4.78, 5) is 38.4. The predicted molar refractivity (Wildman–Crippen MR) is 344 cm³/mol. The molecule has 0 aliphatic heterocycles. The summed E-state index contributed by atoms with van der Waals surface area (Å²) in [7, 11) is 0. The van der Waals surface area contributed by atoms with Crippen molar-refractivity contribution in [3.8, 4) is 0 Å². The molecule has 0 aromatic heterocycles. The van der Waals surface area contributed by atoms with Gasteiger partial charge in [-0.2, -0.15) is 0 Å². The molecule has 0 radical (unpaired) electrons. The van der Waals surface area contributed by atoms with Crippen LogP contribution in [0.15, 0.2) is 85.1 Å². The van der Waals surface area contributed by atoms with E-state index in [-0.39, 0.29) is 31.1 Å². The van der Waals surface area contributed by atoms with Crippen molar-refractivity contribution in [2.45, 2.75) is 348 Å². The molecular formula is C73H128O6. The van der Waals surface area contributed by atoms with Gasteiger partial charge in [-0.25, -0.2) is 0 Å². The zero-order valence-corrected chi connectivity index (χ0v) is 52.4. The molecule has 79 heavy (non-hydrogen) atoms. The van der Waals surface area contributed by atoms with Gasteiger partial charge in [0, 0.05) is 19.3 Å². The number of unbranched alkanes of at least 4 members (excludes halogenated alkanes) is 37. The minimum Gasteiger partial charge on any atom is -0.462 e.